The van der Waals surface area contributed by atoms with E-state index < -0.39 is 21.3 Å². The van der Waals surface area contributed by atoms with Gasteiger partial charge >= 0.3 is 276 Å². The monoisotopic (exact) mass is 654 g/mol. The van der Waals surface area contributed by atoms with Crippen LogP contribution in [0.2, 0.25) is 0 Å². The van der Waals surface area contributed by atoms with Crippen LogP contribution in [0.5, 0.6) is 0 Å². The Morgan fingerprint density at radius 1 is 0.659 bits per heavy atom. The molecule has 4 aromatic rings. The average Bonchev–Trinajstić information content (AvgIpc) is 3.65. The second-order valence-electron chi connectivity index (χ2n) is 15.4. The summed E-state index contributed by atoms with van der Waals surface area (Å²) >= 11 is -2.68. The van der Waals surface area contributed by atoms with Crippen LogP contribution < -0.4 is 3.27 Å². The Labute approximate surface area is 274 Å². The van der Waals surface area contributed by atoms with Crippen LogP contribution in [0.3, 0.4) is 0 Å². The van der Waals surface area contributed by atoms with E-state index in [0.717, 1.165) is 19.3 Å². The van der Waals surface area contributed by atoms with Crippen LogP contribution in [0.15, 0.2) is 113 Å². The minimum atomic E-state index is -2.68. The summed E-state index contributed by atoms with van der Waals surface area (Å²) in [4.78, 5) is 0. The van der Waals surface area contributed by atoms with E-state index in [1.807, 2.05) is 0 Å². The van der Waals surface area contributed by atoms with Crippen LogP contribution >= 0.6 is 0 Å². The molecule has 0 bridgehead atoms. The summed E-state index contributed by atoms with van der Waals surface area (Å²) in [6, 6.07) is 35.1. The van der Waals surface area contributed by atoms with Crippen molar-refractivity contribution in [2.75, 3.05) is 0 Å². The Bertz CT molecular complexity index is 1780. The maximum absolute atomic E-state index is 2.68. The first kappa shape index (κ1) is 31.1. The Balaban J connectivity index is 1.69. The number of allylic oxidation sites excluding steroid dienone is 4. The fourth-order valence-electron chi connectivity index (χ4n) is 7.01. The predicted octanol–water partition coefficient (Wildman–Crippen LogP) is 10.3. The molecule has 0 heterocycles. The van der Waals surface area contributed by atoms with Crippen molar-refractivity contribution >= 4 is 6.48 Å². The molecule has 0 N–H and O–H groups in total. The van der Waals surface area contributed by atoms with Crippen molar-refractivity contribution in [3.05, 3.63) is 146 Å². The summed E-state index contributed by atoms with van der Waals surface area (Å²) in [7, 11) is 0. The zero-order valence-electron chi connectivity index (χ0n) is 28.0. The quantitative estimate of drug-likeness (QED) is 0.171. The number of hydrogen-bond acceptors (Lipinski definition) is 0. The fraction of sp³-hybridized carbons (Fsp3) is 0.326. The molecular weight excluding hydrogens is 608 g/mol. The third-order valence-electron chi connectivity index (χ3n) is 9.89. The molecule has 224 valence electrons. The molecule has 0 aromatic heterocycles. The van der Waals surface area contributed by atoms with Crippen LogP contribution in [0.25, 0.3) is 11.1 Å². The van der Waals surface area contributed by atoms with E-state index in [4.69, 9.17) is 0 Å². The average molecular weight is 656 g/mol. The van der Waals surface area contributed by atoms with Crippen molar-refractivity contribution in [2.24, 2.45) is 0 Å². The van der Waals surface area contributed by atoms with Crippen LogP contribution in [0.1, 0.15) is 95.2 Å². The van der Waals surface area contributed by atoms with E-state index in [1.54, 1.807) is 15.3 Å². The standard InChI is InChI=1S/C21H25.C17H18.C5H5.Zr/c1-20(2,3)16-9-7-14-11-15-8-10-17(21(4,5)6)13-19(15)18(14)12-16;1-17(2,16-11-7-4-8-12-16)14-13-15-9-5-3-6-10-15;1-2-4-5-3-1;/h7,9-10,12-13H,11H2,1-6H3;3-12H,13H2,1-2H3;1-3H,4H2;. The molecule has 0 unspecified atom stereocenters. The van der Waals surface area contributed by atoms with Gasteiger partial charge in [-0.25, -0.2) is 0 Å². The molecule has 0 amide bonds. The van der Waals surface area contributed by atoms with Crippen molar-refractivity contribution in [2.45, 2.75) is 90.9 Å². The van der Waals surface area contributed by atoms with Gasteiger partial charge < -0.3 is 0 Å². The van der Waals surface area contributed by atoms with Gasteiger partial charge in [-0.05, 0) is 0 Å². The summed E-state index contributed by atoms with van der Waals surface area (Å²) in [6.45, 7) is 19.2. The molecule has 6 rings (SSSR count). The zero-order chi connectivity index (χ0) is 31.3. The first-order chi connectivity index (χ1) is 20.8. The Morgan fingerprint density at radius 2 is 1.30 bits per heavy atom. The molecule has 0 spiro atoms. The second kappa shape index (κ2) is 11.8. The molecule has 0 saturated heterocycles. The summed E-state index contributed by atoms with van der Waals surface area (Å²) in [5.41, 5.74) is 12.0. The number of fused-ring (bicyclic) bond motifs is 3. The first-order valence-corrected chi connectivity index (χ1v) is 20.0. The summed E-state index contributed by atoms with van der Waals surface area (Å²) in [6.07, 6.45) is 10.4. The van der Waals surface area contributed by atoms with Crippen molar-refractivity contribution < 1.29 is 21.3 Å². The molecule has 0 saturated carbocycles. The van der Waals surface area contributed by atoms with Gasteiger partial charge in [0.1, 0.15) is 0 Å². The molecule has 0 aliphatic heterocycles. The van der Waals surface area contributed by atoms with Gasteiger partial charge in [-0.3, -0.25) is 0 Å². The van der Waals surface area contributed by atoms with E-state index in [2.05, 4.69) is 165 Å². The normalized spacial score (nSPS) is 15.1. The van der Waals surface area contributed by atoms with Crippen molar-refractivity contribution in [1.29, 1.82) is 0 Å². The summed E-state index contributed by atoms with van der Waals surface area (Å²) in [5.74, 6) is 0. The van der Waals surface area contributed by atoms with Crippen LogP contribution in [-0.4, -0.2) is 3.21 Å². The minimum absolute atomic E-state index is 0.0508. The molecule has 4 aromatic carbocycles. The van der Waals surface area contributed by atoms with Gasteiger partial charge in [-0.15, -0.1) is 0 Å². The van der Waals surface area contributed by atoms with Crippen molar-refractivity contribution in [3.63, 3.8) is 0 Å². The van der Waals surface area contributed by atoms with Gasteiger partial charge in [0.2, 0.25) is 0 Å². The van der Waals surface area contributed by atoms with Gasteiger partial charge in [-0.2, -0.15) is 0 Å². The predicted molar refractivity (Wildman–Crippen MR) is 188 cm³/mol. The van der Waals surface area contributed by atoms with Crippen molar-refractivity contribution in [3.8, 4) is 11.1 Å². The van der Waals surface area contributed by atoms with Gasteiger partial charge in [-0.1, -0.05) is 0 Å². The third-order valence-corrected chi connectivity index (χ3v) is 18.3. The van der Waals surface area contributed by atoms with Crippen molar-refractivity contribution in [1.82, 2.24) is 0 Å². The first-order valence-electron chi connectivity index (χ1n) is 16.3. The summed E-state index contributed by atoms with van der Waals surface area (Å²) in [5, 5.41) is 0. The zero-order valence-corrected chi connectivity index (χ0v) is 30.5. The van der Waals surface area contributed by atoms with Crippen LogP contribution in [-0.2, 0) is 50.4 Å². The number of hydrogen-bond donors (Lipinski definition) is 0. The maximum atomic E-state index is 2.68. The molecule has 2 aliphatic rings. The molecule has 1 heteroatoms. The molecule has 0 nitrogen and oxygen atoms in total. The fourth-order valence-corrected chi connectivity index (χ4v) is 15.9. The molecule has 44 heavy (non-hydrogen) atoms. The van der Waals surface area contributed by atoms with E-state index >= 15 is 0 Å². The Hall–Kier alpha value is -2.89. The number of rotatable bonds is 6. The van der Waals surface area contributed by atoms with E-state index in [9.17, 15) is 0 Å². The van der Waals surface area contributed by atoms with E-state index in [1.165, 1.54) is 38.9 Å². The molecule has 0 fully saturated rings. The van der Waals surface area contributed by atoms with E-state index in [0.29, 0.717) is 0 Å². The van der Waals surface area contributed by atoms with Crippen LogP contribution in [0.4, 0.5) is 0 Å². The van der Waals surface area contributed by atoms with E-state index in [-0.39, 0.29) is 16.2 Å². The summed E-state index contributed by atoms with van der Waals surface area (Å²) < 4.78 is 5.18. The van der Waals surface area contributed by atoms with Gasteiger partial charge in [0.05, 0.1) is 0 Å². The molecular formula is C43H48Zr. The Kier molecular flexibility index (Phi) is 8.34. The second-order valence-corrected chi connectivity index (χ2v) is 21.7. The Morgan fingerprint density at radius 3 is 1.91 bits per heavy atom. The molecule has 0 atom stereocenters. The molecule has 0 radical (unpaired) electrons. The van der Waals surface area contributed by atoms with Gasteiger partial charge in [0.25, 0.3) is 0 Å². The number of benzene rings is 4. The van der Waals surface area contributed by atoms with Gasteiger partial charge in [0, 0.05) is 0 Å². The van der Waals surface area contributed by atoms with Gasteiger partial charge in [0.15, 0.2) is 0 Å². The topological polar surface area (TPSA) is 0 Å². The molecule has 2 aliphatic carbocycles. The SMILES string of the molecule is CC(C)(C)c1ccc2c(c1)-c1cc(C(C)(C)C)c[c](/[Zr]([C]3=CC=CC3)=[C](/Cc3ccccc3)C(C)(C)c3ccccc3)c1C2. The third kappa shape index (κ3) is 6.02. The van der Waals surface area contributed by atoms with Crippen LogP contribution in [0, 0.1) is 0 Å².